The Balaban J connectivity index is 1.53. The number of urea groups is 1. The number of piperidine rings is 1. The van der Waals surface area contributed by atoms with Gasteiger partial charge >= 0.3 is 12.1 Å². The van der Waals surface area contributed by atoms with Gasteiger partial charge in [-0.25, -0.2) is 9.59 Å². The highest BCUT2D eigenvalue weighted by Gasteiger charge is 2.39. The van der Waals surface area contributed by atoms with Crippen molar-refractivity contribution in [3.05, 3.63) is 28.7 Å². The average Bonchev–Trinajstić information content (AvgIpc) is 3.03. The number of anilines is 1. The lowest BCUT2D eigenvalue weighted by Crippen LogP contribution is -2.53. The van der Waals surface area contributed by atoms with Crippen LogP contribution in [0, 0.1) is 0 Å². The van der Waals surface area contributed by atoms with Gasteiger partial charge in [0.2, 0.25) is 5.91 Å². The molecule has 4 amide bonds. The lowest BCUT2D eigenvalue weighted by atomic mass is 10.0. The Hall–Kier alpha value is -2.29. The molecule has 2 heterocycles. The van der Waals surface area contributed by atoms with Crippen molar-refractivity contribution in [2.24, 2.45) is 0 Å². The van der Waals surface area contributed by atoms with Crippen molar-refractivity contribution >= 4 is 39.6 Å². The number of likely N-dealkylation sites (tertiary alicyclic amines) is 2. The molecule has 0 aliphatic carbocycles. The Morgan fingerprint density at radius 1 is 1.13 bits per heavy atom. The summed E-state index contributed by atoms with van der Waals surface area (Å²) >= 11 is 3.35. The van der Waals surface area contributed by atoms with Crippen LogP contribution < -0.4 is 10.6 Å². The van der Waals surface area contributed by atoms with Crippen LogP contribution in [-0.2, 0) is 9.53 Å². The first-order valence-electron chi connectivity index (χ1n) is 10.2. The molecule has 0 spiro atoms. The number of ether oxygens (including phenoxy) is 1. The van der Waals surface area contributed by atoms with E-state index in [1.165, 1.54) is 0 Å². The van der Waals surface area contributed by atoms with Crippen LogP contribution in [0.15, 0.2) is 28.7 Å². The second kappa shape index (κ2) is 9.24. The zero-order valence-electron chi connectivity index (χ0n) is 17.6. The fourth-order valence-corrected chi connectivity index (χ4v) is 4.02. The number of nitrogens with zero attached hydrogens (tertiary/aromatic N) is 2. The van der Waals surface area contributed by atoms with E-state index in [9.17, 15) is 14.4 Å². The molecule has 2 aliphatic rings. The molecule has 2 atom stereocenters. The third-order valence-corrected chi connectivity index (χ3v) is 5.66. The zero-order chi connectivity index (χ0) is 21.9. The largest absolute Gasteiger partial charge is 0.444 e. The van der Waals surface area contributed by atoms with Gasteiger partial charge in [-0.2, -0.15) is 0 Å². The number of carbonyl (C=O) groups excluding carboxylic acids is 3. The first kappa shape index (κ1) is 22.4. The minimum absolute atomic E-state index is 0.0555. The van der Waals surface area contributed by atoms with Crippen molar-refractivity contribution in [1.29, 1.82) is 0 Å². The van der Waals surface area contributed by atoms with E-state index in [1.807, 2.05) is 32.9 Å². The van der Waals surface area contributed by atoms with Crippen molar-refractivity contribution < 1.29 is 19.1 Å². The summed E-state index contributed by atoms with van der Waals surface area (Å²) in [6, 6.07) is 6.20. The van der Waals surface area contributed by atoms with Gasteiger partial charge in [0, 0.05) is 35.8 Å². The summed E-state index contributed by atoms with van der Waals surface area (Å²) in [7, 11) is 0. The number of nitrogens with one attached hydrogen (secondary N) is 2. The second-order valence-electron chi connectivity index (χ2n) is 8.70. The van der Waals surface area contributed by atoms with Crippen molar-refractivity contribution in [3.8, 4) is 0 Å². The monoisotopic (exact) mass is 480 g/mol. The minimum atomic E-state index is -0.558. The highest BCUT2D eigenvalue weighted by atomic mass is 79.9. The third-order valence-electron chi connectivity index (χ3n) is 5.14. The number of carbonyl (C=O) groups is 3. The number of benzene rings is 1. The molecule has 1 aromatic rings. The summed E-state index contributed by atoms with van der Waals surface area (Å²) in [5.74, 6) is -0.100. The quantitative estimate of drug-likeness (QED) is 0.691. The molecule has 8 nitrogen and oxygen atoms in total. The van der Waals surface area contributed by atoms with E-state index in [2.05, 4.69) is 26.6 Å². The van der Waals surface area contributed by atoms with Gasteiger partial charge in [-0.1, -0.05) is 15.9 Å². The van der Waals surface area contributed by atoms with E-state index >= 15 is 0 Å². The summed E-state index contributed by atoms with van der Waals surface area (Å²) in [6.45, 7) is 7.17. The number of hydrogen-bond donors (Lipinski definition) is 2. The molecule has 0 radical (unpaired) electrons. The van der Waals surface area contributed by atoms with Crippen LogP contribution in [0.1, 0.15) is 40.0 Å². The van der Waals surface area contributed by atoms with E-state index < -0.39 is 17.7 Å². The Morgan fingerprint density at radius 2 is 1.83 bits per heavy atom. The van der Waals surface area contributed by atoms with Crippen molar-refractivity contribution in [2.75, 3.05) is 25.0 Å². The molecule has 30 heavy (non-hydrogen) atoms. The van der Waals surface area contributed by atoms with Crippen LogP contribution in [0.4, 0.5) is 15.3 Å². The highest BCUT2D eigenvalue weighted by molar-refractivity contribution is 9.10. The van der Waals surface area contributed by atoms with Crippen LogP contribution >= 0.6 is 15.9 Å². The van der Waals surface area contributed by atoms with Crippen LogP contribution in [0.5, 0.6) is 0 Å². The standard InChI is InChI=1S/C21H29BrN4O4/c1-21(2,3)30-20(29)25-11-4-5-16(13-25)26-12-10-17(18(26)27)24-19(28)23-15-8-6-14(22)7-9-15/h6-9,16-17H,4-5,10-13H2,1-3H3,(H2,23,24,28)/t16-,17?/m0/s1. The highest BCUT2D eigenvalue weighted by Crippen LogP contribution is 2.23. The Labute approximate surface area is 185 Å². The topological polar surface area (TPSA) is 91.0 Å². The van der Waals surface area contributed by atoms with E-state index in [0.717, 1.165) is 17.3 Å². The molecule has 3 rings (SSSR count). The number of rotatable bonds is 3. The predicted octanol–water partition coefficient (Wildman–Crippen LogP) is 3.57. The van der Waals surface area contributed by atoms with Crippen LogP contribution in [0.3, 0.4) is 0 Å². The van der Waals surface area contributed by atoms with Gasteiger partial charge in [-0.15, -0.1) is 0 Å². The molecule has 0 bridgehead atoms. The summed E-state index contributed by atoms with van der Waals surface area (Å²) < 4.78 is 6.39. The maximum Gasteiger partial charge on any atom is 0.410 e. The van der Waals surface area contributed by atoms with Gasteiger partial charge in [0.15, 0.2) is 0 Å². The number of halogens is 1. The van der Waals surface area contributed by atoms with Crippen molar-refractivity contribution in [3.63, 3.8) is 0 Å². The average molecular weight is 481 g/mol. The van der Waals surface area contributed by atoms with Gasteiger partial charge in [0.1, 0.15) is 11.6 Å². The smallest absolute Gasteiger partial charge is 0.410 e. The first-order valence-corrected chi connectivity index (χ1v) is 11.0. The van der Waals surface area contributed by atoms with Gasteiger partial charge in [0.05, 0.1) is 0 Å². The normalized spacial score (nSPS) is 22.1. The number of amides is 4. The molecule has 2 aliphatic heterocycles. The third kappa shape index (κ3) is 5.87. The molecule has 9 heteroatoms. The molecular formula is C21H29BrN4O4. The van der Waals surface area contributed by atoms with Crippen LogP contribution in [0.2, 0.25) is 0 Å². The molecule has 0 aromatic heterocycles. The molecular weight excluding hydrogens is 452 g/mol. The van der Waals surface area contributed by atoms with Crippen molar-refractivity contribution in [2.45, 2.75) is 57.7 Å². The fraction of sp³-hybridized carbons (Fsp3) is 0.571. The van der Waals surface area contributed by atoms with Gasteiger partial charge in [-0.05, 0) is 64.3 Å². The number of hydrogen-bond acceptors (Lipinski definition) is 4. The summed E-state index contributed by atoms with van der Waals surface area (Å²) in [4.78, 5) is 41.0. The molecule has 1 aromatic carbocycles. The van der Waals surface area contributed by atoms with Crippen LogP contribution in [-0.4, -0.2) is 65.2 Å². The van der Waals surface area contributed by atoms with Gasteiger partial charge in [-0.3, -0.25) is 4.79 Å². The van der Waals surface area contributed by atoms with E-state index in [0.29, 0.717) is 31.7 Å². The molecule has 0 saturated carbocycles. The first-order chi connectivity index (χ1) is 14.1. The zero-order valence-corrected chi connectivity index (χ0v) is 19.2. The predicted molar refractivity (Wildman–Crippen MR) is 117 cm³/mol. The van der Waals surface area contributed by atoms with Gasteiger partial charge < -0.3 is 25.2 Å². The second-order valence-corrected chi connectivity index (χ2v) is 9.62. The Kier molecular flexibility index (Phi) is 6.90. The lowest BCUT2D eigenvalue weighted by Gasteiger charge is -2.38. The lowest BCUT2D eigenvalue weighted by molar-refractivity contribution is -0.132. The molecule has 2 fully saturated rings. The maximum absolute atomic E-state index is 12.9. The molecule has 2 N–H and O–H groups in total. The molecule has 164 valence electrons. The SMILES string of the molecule is CC(C)(C)OC(=O)N1CCC[C@H](N2CCC(NC(=O)Nc3ccc(Br)cc3)C2=O)C1. The van der Waals surface area contributed by atoms with Crippen LogP contribution in [0.25, 0.3) is 0 Å². The summed E-state index contributed by atoms with van der Waals surface area (Å²) in [5.41, 5.74) is 0.100. The summed E-state index contributed by atoms with van der Waals surface area (Å²) in [6.07, 6.45) is 1.86. The Morgan fingerprint density at radius 3 is 2.50 bits per heavy atom. The molecule has 1 unspecified atom stereocenters. The van der Waals surface area contributed by atoms with E-state index in [-0.39, 0.29) is 18.0 Å². The molecule has 2 saturated heterocycles. The van der Waals surface area contributed by atoms with Crippen molar-refractivity contribution in [1.82, 2.24) is 15.1 Å². The minimum Gasteiger partial charge on any atom is -0.444 e. The Bertz CT molecular complexity index is 793. The maximum atomic E-state index is 12.9. The van der Waals surface area contributed by atoms with E-state index in [4.69, 9.17) is 4.74 Å². The fourth-order valence-electron chi connectivity index (χ4n) is 3.76. The van der Waals surface area contributed by atoms with Gasteiger partial charge in [0.25, 0.3) is 0 Å². The van der Waals surface area contributed by atoms with E-state index in [1.54, 1.807) is 21.9 Å². The summed E-state index contributed by atoms with van der Waals surface area (Å²) in [5, 5.41) is 5.51.